The summed E-state index contributed by atoms with van der Waals surface area (Å²) in [7, 11) is 0. The lowest BCUT2D eigenvalue weighted by molar-refractivity contribution is 0.194. The normalized spacial score (nSPS) is 18.3. The van der Waals surface area contributed by atoms with Crippen molar-refractivity contribution in [3.8, 4) is 0 Å². The van der Waals surface area contributed by atoms with E-state index < -0.39 is 6.10 Å². The van der Waals surface area contributed by atoms with Gasteiger partial charge in [-0.15, -0.1) is 0 Å². The Kier molecular flexibility index (Phi) is 4.81. The molecule has 0 saturated heterocycles. The number of hydrogen-bond donors (Lipinski definition) is 1. The summed E-state index contributed by atoms with van der Waals surface area (Å²) in [4.78, 5) is 2.27. The maximum atomic E-state index is 14.0. The van der Waals surface area contributed by atoms with Crippen molar-refractivity contribution in [3.05, 3.63) is 29.6 Å². The Labute approximate surface area is 115 Å². The van der Waals surface area contributed by atoms with Crippen LogP contribution < -0.4 is 4.90 Å². The van der Waals surface area contributed by atoms with E-state index in [2.05, 4.69) is 11.8 Å². The first-order valence-corrected chi connectivity index (χ1v) is 7.38. The smallest absolute Gasteiger partial charge is 0.131 e. The molecule has 1 atom stereocenters. The Morgan fingerprint density at radius 1 is 1.32 bits per heavy atom. The number of rotatable bonds is 4. The van der Waals surface area contributed by atoms with E-state index in [4.69, 9.17) is 0 Å². The predicted molar refractivity (Wildman–Crippen MR) is 76.9 cm³/mol. The number of aliphatic hydroxyl groups is 1. The Morgan fingerprint density at radius 2 is 2.00 bits per heavy atom. The SMILES string of the molecule is CCN(c1cccc(F)c1[C@@H](C)O)C1CCCCC1. The molecule has 2 nitrogen and oxygen atoms in total. The second-order valence-electron chi connectivity index (χ2n) is 5.43. The van der Waals surface area contributed by atoms with Crippen molar-refractivity contribution in [2.45, 2.75) is 58.1 Å². The molecule has 0 aromatic heterocycles. The second-order valence-corrected chi connectivity index (χ2v) is 5.43. The molecule has 0 radical (unpaired) electrons. The van der Waals surface area contributed by atoms with Crippen LogP contribution in [-0.4, -0.2) is 17.7 Å². The van der Waals surface area contributed by atoms with Crippen molar-refractivity contribution >= 4 is 5.69 Å². The van der Waals surface area contributed by atoms with Crippen LogP contribution in [0.4, 0.5) is 10.1 Å². The number of hydrogen-bond acceptors (Lipinski definition) is 2. The average molecular weight is 265 g/mol. The van der Waals surface area contributed by atoms with Crippen molar-refractivity contribution in [1.82, 2.24) is 0 Å². The molecule has 1 aromatic rings. The minimum absolute atomic E-state index is 0.304. The minimum atomic E-state index is -0.770. The standard InChI is InChI=1S/C16H24FNO/c1-3-18(13-8-5-4-6-9-13)15-11-7-10-14(17)16(15)12(2)19/h7,10-13,19H,3-6,8-9H2,1-2H3/t12-/m1/s1. The Morgan fingerprint density at radius 3 is 2.58 bits per heavy atom. The molecule has 0 unspecified atom stereocenters. The van der Waals surface area contributed by atoms with E-state index in [0.717, 1.165) is 12.2 Å². The molecular formula is C16H24FNO. The van der Waals surface area contributed by atoms with Crippen LogP contribution in [0.15, 0.2) is 18.2 Å². The summed E-state index contributed by atoms with van der Waals surface area (Å²) >= 11 is 0. The van der Waals surface area contributed by atoms with Gasteiger partial charge in [0.2, 0.25) is 0 Å². The average Bonchev–Trinajstić information content (AvgIpc) is 2.40. The summed E-state index contributed by atoms with van der Waals surface area (Å²) < 4.78 is 14.0. The molecule has 1 aliphatic carbocycles. The molecule has 1 fully saturated rings. The fraction of sp³-hybridized carbons (Fsp3) is 0.625. The van der Waals surface area contributed by atoms with Crippen LogP contribution in [0.5, 0.6) is 0 Å². The van der Waals surface area contributed by atoms with Crippen molar-refractivity contribution < 1.29 is 9.50 Å². The zero-order valence-electron chi connectivity index (χ0n) is 11.9. The van der Waals surface area contributed by atoms with Crippen LogP contribution in [0.3, 0.4) is 0 Å². The molecule has 0 amide bonds. The molecule has 2 rings (SSSR count). The lowest BCUT2D eigenvalue weighted by Crippen LogP contribution is -2.37. The molecule has 0 heterocycles. The first kappa shape index (κ1) is 14.3. The lowest BCUT2D eigenvalue weighted by Gasteiger charge is -2.37. The van der Waals surface area contributed by atoms with Gasteiger partial charge in [0.15, 0.2) is 0 Å². The fourth-order valence-electron chi connectivity index (χ4n) is 3.21. The quantitative estimate of drug-likeness (QED) is 0.888. The van der Waals surface area contributed by atoms with Gasteiger partial charge in [-0.25, -0.2) is 4.39 Å². The summed E-state index contributed by atoms with van der Waals surface area (Å²) in [6, 6.07) is 5.59. The van der Waals surface area contributed by atoms with Gasteiger partial charge in [0.25, 0.3) is 0 Å². The van der Waals surface area contributed by atoms with Crippen LogP contribution in [-0.2, 0) is 0 Å². The third-order valence-corrected chi connectivity index (χ3v) is 4.11. The zero-order chi connectivity index (χ0) is 13.8. The second kappa shape index (κ2) is 6.38. The molecule has 1 N–H and O–H groups in total. The van der Waals surface area contributed by atoms with Crippen LogP contribution in [0.25, 0.3) is 0 Å². The third-order valence-electron chi connectivity index (χ3n) is 4.11. The molecule has 106 valence electrons. The topological polar surface area (TPSA) is 23.5 Å². The van der Waals surface area contributed by atoms with Gasteiger partial charge in [-0.3, -0.25) is 0 Å². The minimum Gasteiger partial charge on any atom is -0.389 e. The number of aliphatic hydroxyl groups excluding tert-OH is 1. The number of benzene rings is 1. The maximum absolute atomic E-state index is 14.0. The van der Waals surface area contributed by atoms with Crippen molar-refractivity contribution in [2.75, 3.05) is 11.4 Å². The van der Waals surface area contributed by atoms with Gasteiger partial charge in [-0.2, -0.15) is 0 Å². The van der Waals surface area contributed by atoms with Gasteiger partial charge < -0.3 is 10.0 Å². The largest absolute Gasteiger partial charge is 0.389 e. The molecule has 1 aromatic carbocycles. The lowest BCUT2D eigenvalue weighted by atomic mass is 9.93. The van der Waals surface area contributed by atoms with Crippen molar-refractivity contribution in [1.29, 1.82) is 0 Å². The number of nitrogens with zero attached hydrogens (tertiary/aromatic N) is 1. The van der Waals surface area contributed by atoms with E-state index in [9.17, 15) is 9.50 Å². The van der Waals surface area contributed by atoms with Crippen LogP contribution >= 0.6 is 0 Å². The van der Waals surface area contributed by atoms with E-state index in [1.807, 2.05) is 6.07 Å². The van der Waals surface area contributed by atoms with Gasteiger partial charge in [-0.1, -0.05) is 25.3 Å². The first-order valence-electron chi connectivity index (χ1n) is 7.38. The van der Waals surface area contributed by atoms with Crippen LogP contribution in [0.1, 0.15) is 57.6 Å². The van der Waals surface area contributed by atoms with Crippen LogP contribution in [0, 0.1) is 5.82 Å². The number of halogens is 1. The summed E-state index contributed by atoms with van der Waals surface area (Å²) in [6.07, 6.45) is 5.38. The fourth-order valence-corrected chi connectivity index (χ4v) is 3.21. The molecule has 0 aliphatic heterocycles. The Bertz CT molecular complexity index is 413. The van der Waals surface area contributed by atoms with Gasteiger partial charge >= 0.3 is 0 Å². The summed E-state index contributed by atoms with van der Waals surface area (Å²) in [5, 5.41) is 9.86. The van der Waals surface area contributed by atoms with E-state index in [1.54, 1.807) is 13.0 Å². The summed E-state index contributed by atoms with van der Waals surface area (Å²) in [5.41, 5.74) is 1.30. The highest BCUT2D eigenvalue weighted by atomic mass is 19.1. The van der Waals surface area contributed by atoms with Crippen LogP contribution in [0.2, 0.25) is 0 Å². The van der Waals surface area contributed by atoms with E-state index in [-0.39, 0.29) is 5.82 Å². The third kappa shape index (κ3) is 3.08. The van der Waals surface area contributed by atoms with Gasteiger partial charge in [0, 0.05) is 23.8 Å². The van der Waals surface area contributed by atoms with E-state index in [0.29, 0.717) is 11.6 Å². The molecule has 0 bridgehead atoms. The predicted octanol–water partition coefficient (Wildman–Crippen LogP) is 4.04. The van der Waals surface area contributed by atoms with Gasteiger partial charge in [-0.05, 0) is 38.8 Å². The highest BCUT2D eigenvalue weighted by Crippen LogP contribution is 2.33. The van der Waals surface area contributed by atoms with Crippen molar-refractivity contribution in [2.24, 2.45) is 0 Å². The maximum Gasteiger partial charge on any atom is 0.131 e. The Balaban J connectivity index is 2.34. The van der Waals surface area contributed by atoms with E-state index >= 15 is 0 Å². The molecular weight excluding hydrogens is 241 g/mol. The van der Waals surface area contributed by atoms with Gasteiger partial charge in [0.1, 0.15) is 5.82 Å². The summed E-state index contributed by atoms with van der Waals surface area (Å²) in [5.74, 6) is -0.304. The zero-order valence-corrected chi connectivity index (χ0v) is 11.9. The number of anilines is 1. The van der Waals surface area contributed by atoms with E-state index in [1.165, 1.54) is 38.2 Å². The molecule has 1 aliphatic rings. The monoisotopic (exact) mass is 265 g/mol. The van der Waals surface area contributed by atoms with Gasteiger partial charge in [0.05, 0.1) is 6.10 Å². The first-order chi connectivity index (χ1) is 9.15. The molecule has 0 spiro atoms. The Hall–Kier alpha value is -1.09. The highest BCUT2D eigenvalue weighted by Gasteiger charge is 2.24. The van der Waals surface area contributed by atoms with Crippen molar-refractivity contribution in [3.63, 3.8) is 0 Å². The molecule has 19 heavy (non-hydrogen) atoms. The summed E-state index contributed by atoms with van der Waals surface area (Å²) in [6.45, 7) is 4.59. The molecule has 1 saturated carbocycles. The molecule has 3 heteroatoms. The highest BCUT2D eigenvalue weighted by molar-refractivity contribution is 5.56.